The van der Waals surface area contributed by atoms with Crippen molar-refractivity contribution in [1.82, 2.24) is 0 Å². The SMILES string of the molecule is c1ccc(N(c2ccc3c(c2)Sc2ccccc2N3c2ccc3c(c2)oc2ccccc23)c2cc3ccccc3c3ccccc23)cc1. The number of rotatable bonds is 4. The number of hydrogen-bond acceptors (Lipinski definition) is 4. The van der Waals surface area contributed by atoms with Crippen molar-refractivity contribution in [2.45, 2.75) is 9.79 Å². The van der Waals surface area contributed by atoms with Gasteiger partial charge >= 0.3 is 0 Å². The third kappa shape index (κ3) is 4.23. The van der Waals surface area contributed by atoms with Gasteiger partial charge in [0.15, 0.2) is 0 Å². The Morgan fingerprint density at radius 1 is 0.438 bits per heavy atom. The van der Waals surface area contributed by atoms with Crippen molar-refractivity contribution in [2.24, 2.45) is 0 Å². The summed E-state index contributed by atoms with van der Waals surface area (Å²) in [7, 11) is 0. The van der Waals surface area contributed by atoms with Gasteiger partial charge in [0.2, 0.25) is 0 Å². The molecule has 0 amide bonds. The fraction of sp³-hybridized carbons (Fsp3) is 0. The molecule has 0 aliphatic carbocycles. The van der Waals surface area contributed by atoms with E-state index >= 15 is 0 Å². The summed E-state index contributed by atoms with van der Waals surface area (Å²) in [6.07, 6.45) is 0. The highest BCUT2D eigenvalue weighted by atomic mass is 32.2. The van der Waals surface area contributed by atoms with Gasteiger partial charge in [0, 0.05) is 49.1 Å². The van der Waals surface area contributed by atoms with Gasteiger partial charge in [0.05, 0.1) is 17.1 Å². The van der Waals surface area contributed by atoms with Crippen LogP contribution < -0.4 is 9.80 Å². The number of fused-ring (bicyclic) bond motifs is 8. The average molecular weight is 633 g/mol. The third-order valence-electron chi connectivity index (χ3n) is 9.39. The molecule has 0 saturated heterocycles. The van der Waals surface area contributed by atoms with E-state index in [0.29, 0.717) is 0 Å². The number of para-hydroxylation sites is 3. The van der Waals surface area contributed by atoms with Crippen LogP contribution in [0.1, 0.15) is 0 Å². The van der Waals surface area contributed by atoms with Gasteiger partial charge in [-0.25, -0.2) is 0 Å². The number of furan rings is 1. The molecule has 9 aromatic rings. The molecule has 0 unspecified atom stereocenters. The zero-order valence-electron chi connectivity index (χ0n) is 25.9. The Labute approximate surface area is 282 Å². The van der Waals surface area contributed by atoms with E-state index in [0.717, 1.165) is 50.4 Å². The Balaban J connectivity index is 1.17. The van der Waals surface area contributed by atoms with Gasteiger partial charge in [-0.2, -0.15) is 0 Å². The van der Waals surface area contributed by atoms with Gasteiger partial charge < -0.3 is 14.2 Å². The fourth-order valence-corrected chi connectivity index (χ4v) is 8.33. The van der Waals surface area contributed by atoms with Crippen LogP contribution in [0.2, 0.25) is 0 Å². The molecule has 10 rings (SSSR count). The highest BCUT2D eigenvalue weighted by Crippen LogP contribution is 2.54. The predicted molar refractivity (Wildman–Crippen MR) is 202 cm³/mol. The van der Waals surface area contributed by atoms with Gasteiger partial charge in [0.25, 0.3) is 0 Å². The van der Waals surface area contributed by atoms with Gasteiger partial charge in [-0.1, -0.05) is 109 Å². The van der Waals surface area contributed by atoms with E-state index in [1.165, 1.54) is 37.0 Å². The second-order valence-electron chi connectivity index (χ2n) is 12.2. The molecule has 1 aliphatic heterocycles. The maximum Gasteiger partial charge on any atom is 0.137 e. The Morgan fingerprint density at radius 2 is 1.12 bits per heavy atom. The summed E-state index contributed by atoms with van der Waals surface area (Å²) >= 11 is 1.82. The van der Waals surface area contributed by atoms with Crippen molar-refractivity contribution in [2.75, 3.05) is 9.80 Å². The van der Waals surface area contributed by atoms with Crippen molar-refractivity contribution in [3.63, 3.8) is 0 Å². The molecule has 8 aromatic carbocycles. The van der Waals surface area contributed by atoms with Crippen LogP contribution in [0, 0.1) is 0 Å². The fourth-order valence-electron chi connectivity index (χ4n) is 7.24. The molecule has 1 aromatic heterocycles. The van der Waals surface area contributed by atoms with E-state index in [9.17, 15) is 0 Å². The summed E-state index contributed by atoms with van der Waals surface area (Å²) in [6.45, 7) is 0. The Bertz CT molecular complexity index is 2680. The number of nitrogens with zero attached hydrogens (tertiary/aromatic N) is 2. The van der Waals surface area contributed by atoms with E-state index in [2.05, 4.69) is 168 Å². The molecule has 0 fully saturated rings. The summed E-state index contributed by atoms with van der Waals surface area (Å²) in [4.78, 5) is 7.19. The lowest BCUT2D eigenvalue weighted by Crippen LogP contribution is -2.16. The van der Waals surface area contributed by atoms with E-state index in [1.54, 1.807) is 0 Å². The predicted octanol–water partition coefficient (Wildman–Crippen LogP) is 13.3. The van der Waals surface area contributed by atoms with Crippen LogP contribution in [-0.4, -0.2) is 0 Å². The molecule has 2 heterocycles. The molecule has 0 bridgehead atoms. The first-order chi connectivity index (χ1) is 23.8. The largest absolute Gasteiger partial charge is 0.456 e. The van der Waals surface area contributed by atoms with Crippen LogP contribution in [-0.2, 0) is 0 Å². The van der Waals surface area contributed by atoms with E-state index in [1.807, 2.05) is 23.9 Å². The zero-order valence-corrected chi connectivity index (χ0v) is 26.7. The van der Waals surface area contributed by atoms with Crippen molar-refractivity contribution in [1.29, 1.82) is 0 Å². The lowest BCUT2D eigenvalue weighted by atomic mass is 9.99. The van der Waals surface area contributed by atoms with Crippen LogP contribution in [0.25, 0.3) is 43.5 Å². The second-order valence-corrected chi connectivity index (χ2v) is 13.3. The monoisotopic (exact) mass is 632 g/mol. The third-order valence-corrected chi connectivity index (χ3v) is 10.5. The average Bonchev–Trinajstić information content (AvgIpc) is 3.52. The molecular formula is C44H28N2OS. The summed E-state index contributed by atoms with van der Waals surface area (Å²) in [5.74, 6) is 0. The van der Waals surface area contributed by atoms with Gasteiger partial charge in [-0.15, -0.1) is 0 Å². The Kier molecular flexibility index (Phi) is 6.11. The van der Waals surface area contributed by atoms with Gasteiger partial charge in [0.1, 0.15) is 11.2 Å². The topological polar surface area (TPSA) is 19.6 Å². The Hall–Kier alpha value is -5.97. The molecular weight excluding hydrogens is 605 g/mol. The van der Waals surface area contributed by atoms with Gasteiger partial charge in [-0.3, -0.25) is 0 Å². The molecule has 1 aliphatic rings. The molecule has 0 saturated carbocycles. The summed E-state index contributed by atoms with van der Waals surface area (Å²) in [6, 6.07) is 60.9. The molecule has 226 valence electrons. The minimum Gasteiger partial charge on any atom is -0.456 e. The molecule has 4 heteroatoms. The number of hydrogen-bond donors (Lipinski definition) is 0. The van der Waals surface area contributed by atoms with E-state index in [-0.39, 0.29) is 0 Å². The van der Waals surface area contributed by atoms with Crippen molar-refractivity contribution in [3.8, 4) is 0 Å². The quantitative estimate of drug-likeness (QED) is 0.180. The molecule has 0 spiro atoms. The minimum atomic E-state index is 0.890. The van der Waals surface area contributed by atoms with Crippen molar-refractivity contribution < 1.29 is 4.42 Å². The Morgan fingerprint density at radius 3 is 2.02 bits per heavy atom. The smallest absolute Gasteiger partial charge is 0.137 e. The second kappa shape index (κ2) is 10.8. The van der Waals surface area contributed by atoms with Crippen LogP contribution in [0.4, 0.5) is 34.1 Å². The maximum absolute atomic E-state index is 6.34. The highest BCUT2D eigenvalue weighted by molar-refractivity contribution is 7.99. The first kappa shape index (κ1) is 27.2. The first-order valence-corrected chi connectivity index (χ1v) is 17.0. The molecule has 48 heavy (non-hydrogen) atoms. The summed E-state index contributed by atoms with van der Waals surface area (Å²) in [5.41, 5.74) is 8.57. The lowest BCUT2D eigenvalue weighted by molar-refractivity contribution is 0.669. The maximum atomic E-state index is 6.34. The summed E-state index contributed by atoms with van der Waals surface area (Å²) < 4.78 is 6.34. The van der Waals surface area contributed by atoms with Crippen LogP contribution in [0.5, 0.6) is 0 Å². The molecule has 0 N–H and O–H groups in total. The van der Waals surface area contributed by atoms with Gasteiger partial charge in [-0.05, 0) is 82.9 Å². The van der Waals surface area contributed by atoms with E-state index in [4.69, 9.17) is 4.42 Å². The first-order valence-electron chi connectivity index (χ1n) is 16.2. The highest BCUT2D eigenvalue weighted by Gasteiger charge is 2.27. The van der Waals surface area contributed by atoms with Crippen LogP contribution in [0.15, 0.2) is 184 Å². The summed E-state index contributed by atoms with van der Waals surface area (Å²) in [5, 5.41) is 7.23. The zero-order chi connectivity index (χ0) is 31.6. The van der Waals surface area contributed by atoms with Crippen LogP contribution in [0.3, 0.4) is 0 Å². The standard InChI is InChI=1S/C44H28N2OS/c1-2-13-30(14-3-1)45(40-26-29-12-4-5-15-33(29)34-16-6-7-17-35(34)40)32-23-25-39-44(28-32)48-43-21-11-9-19-38(43)46(39)31-22-24-37-36-18-8-10-20-41(36)47-42(37)27-31/h1-28H. The molecule has 3 nitrogen and oxygen atoms in total. The number of anilines is 6. The molecule has 0 radical (unpaired) electrons. The normalized spacial score (nSPS) is 12.5. The number of benzene rings is 8. The lowest BCUT2D eigenvalue weighted by Gasteiger charge is -2.34. The van der Waals surface area contributed by atoms with E-state index < -0.39 is 0 Å². The van der Waals surface area contributed by atoms with Crippen molar-refractivity contribution >= 4 is 89.4 Å². The minimum absolute atomic E-state index is 0.890. The molecule has 0 atom stereocenters. The van der Waals surface area contributed by atoms with Crippen LogP contribution >= 0.6 is 11.8 Å². The van der Waals surface area contributed by atoms with Crippen molar-refractivity contribution in [3.05, 3.63) is 170 Å².